The summed E-state index contributed by atoms with van der Waals surface area (Å²) in [6.45, 7) is 3.61. The lowest BCUT2D eigenvalue weighted by Gasteiger charge is -2.34. The zero-order valence-corrected chi connectivity index (χ0v) is 16.5. The number of rotatable bonds is 4. The minimum atomic E-state index is -0.00739. The van der Waals surface area contributed by atoms with Crippen LogP contribution in [0.2, 0.25) is 0 Å². The highest BCUT2D eigenvalue weighted by Crippen LogP contribution is 2.17. The van der Waals surface area contributed by atoms with Gasteiger partial charge in [-0.15, -0.1) is 11.3 Å². The molecule has 2 aliphatic rings. The monoisotopic (exact) mass is 397 g/mol. The van der Waals surface area contributed by atoms with Crippen molar-refractivity contribution < 1.29 is 14.4 Å². The van der Waals surface area contributed by atoms with Crippen LogP contribution in [-0.4, -0.2) is 65.1 Å². The number of piperazine rings is 1. The molecule has 6 nitrogen and oxygen atoms in total. The number of hydrogen-bond donors (Lipinski definition) is 0. The third-order valence-corrected chi connectivity index (χ3v) is 6.19. The van der Waals surface area contributed by atoms with Gasteiger partial charge < -0.3 is 14.7 Å². The quantitative estimate of drug-likeness (QED) is 0.796. The van der Waals surface area contributed by atoms with Crippen LogP contribution in [-0.2, 0) is 11.3 Å². The molecule has 0 unspecified atom stereocenters. The number of carbonyl (C=O) groups excluding carboxylic acids is 3. The number of thiophene rings is 1. The van der Waals surface area contributed by atoms with Crippen LogP contribution in [0.4, 0.5) is 0 Å². The van der Waals surface area contributed by atoms with Gasteiger partial charge in [-0.2, -0.15) is 0 Å². The minimum absolute atomic E-state index is 0.00739. The van der Waals surface area contributed by atoms with Crippen molar-refractivity contribution in [1.82, 2.24) is 14.7 Å². The van der Waals surface area contributed by atoms with E-state index in [1.54, 1.807) is 4.90 Å². The first-order chi connectivity index (χ1) is 13.6. The summed E-state index contributed by atoms with van der Waals surface area (Å²) in [7, 11) is 0. The second-order valence-corrected chi connectivity index (χ2v) is 8.13. The summed E-state index contributed by atoms with van der Waals surface area (Å²) in [6, 6.07) is 11.2. The number of carbonyl (C=O) groups is 3. The van der Waals surface area contributed by atoms with Gasteiger partial charge in [-0.3, -0.25) is 14.4 Å². The third-order valence-electron chi connectivity index (χ3n) is 5.33. The van der Waals surface area contributed by atoms with Crippen molar-refractivity contribution in [3.05, 3.63) is 57.8 Å². The molecule has 0 N–H and O–H groups in total. The van der Waals surface area contributed by atoms with Gasteiger partial charge >= 0.3 is 0 Å². The Hall–Kier alpha value is -2.67. The van der Waals surface area contributed by atoms with E-state index in [1.807, 2.05) is 51.6 Å². The summed E-state index contributed by atoms with van der Waals surface area (Å²) in [5.41, 5.74) is 1.69. The van der Waals surface area contributed by atoms with Crippen LogP contribution in [0.25, 0.3) is 0 Å². The van der Waals surface area contributed by atoms with Gasteiger partial charge in [0.2, 0.25) is 5.91 Å². The maximum Gasteiger partial charge on any atom is 0.264 e. The zero-order chi connectivity index (χ0) is 19.5. The van der Waals surface area contributed by atoms with Gasteiger partial charge in [-0.1, -0.05) is 18.2 Å². The maximum absolute atomic E-state index is 12.8. The molecule has 2 saturated heterocycles. The topological polar surface area (TPSA) is 60.9 Å². The number of benzene rings is 1. The molecule has 0 atom stereocenters. The van der Waals surface area contributed by atoms with E-state index in [-0.39, 0.29) is 17.7 Å². The number of hydrogen-bond acceptors (Lipinski definition) is 4. The van der Waals surface area contributed by atoms with Crippen molar-refractivity contribution in [2.75, 3.05) is 32.7 Å². The second kappa shape index (κ2) is 8.14. The van der Waals surface area contributed by atoms with E-state index >= 15 is 0 Å². The molecule has 4 rings (SSSR count). The van der Waals surface area contributed by atoms with E-state index in [0.717, 1.165) is 23.4 Å². The number of amides is 3. The number of likely N-dealkylation sites (tertiary alicyclic amines) is 1. The zero-order valence-electron chi connectivity index (χ0n) is 15.7. The van der Waals surface area contributed by atoms with Gasteiger partial charge in [0, 0.05) is 51.3 Å². The molecule has 0 bridgehead atoms. The fourth-order valence-electron chi connectivity index (χ4n) is 3.70. The molecular formula is C21H23N3O3S. The Morgan fingerprint density at radius 1 is 0.893 bits per heavy atom. The fourth-order valence-corrected chi connectivity index (χ4v) is 4.39. The van der Waals surface area contributed by atoms with Crippen LogP contribution in [0.1, 0.15) is 38.4 Å². The van der Waals surface area contributed by atoms with Crippen LogP contribution in [0.3, 0.4) is 0 Å². The lowest BCUT2D eigenvalue weighted by molar-refractivity contribution is -0.128. The van der Waals surface area contributed by atoms with E-state index in [9.17, 15) is 14.4 Å². The van der Waals surface area contributed by atoms with Gasteiger partial charge in [-0.25, -0.2) is 0 Å². The fraction of sp³-hybridized carbons (Fsp3) is 0.381. The van der Waals surface area contributed by atoms with Gasteiger partial charge in [0.1, 0.15) is 0 Å². The average Bonchev–Trinajstić information content (AvgIpc) is 3.40. The standard InChI is InChI=1S/C21H23N3O3S/c25-19-4-1-9-24(19)15-16-5-7-17(8-6-16)20(26)22-10-12-23(13-11-22)21(27)18-3-2-14-28-18/h2-3,5-8,14H,1,4,9-13,15H2. The van der Waals surface area contributed by atoms with E-state index in [0.29, 0.717) is 44.7 Å². The average molecular weight is 398 g/mol. The molecule has 3 amide bonds. The van der Waals surface area contributed by atoms with Gasteiger partial charge in [0.15, 0.2) is 0 Å². The van der Waals surface area contributed by atoms with Gasteiger partial charge in [0.05, 0.1) is 4.88 Å². The molecule has 2 fully saturated rings. The Labute approximate surface area is 168 Å². The van der Waals surface area contributed by atoms with Crippen LogP contribution >= 0.6 is 11.3 Å². The molecule has 146 valence electrons. The van der Waals surface area contributed by atoms with Crippen molar-refractivity contribution in [3.8, 4) is 0 Å². The first kappa shape index (κ1) is 18.7. The Morgan fingerprint density at radius 3 is 2.14 bits per heavy atom. The maximum atomic E-state index is 12.8. The molecule has 7 heteroatoms. The summed E-state index contributed by atoms with van der Waals surface area (Å²) < 4.78 is 0. The normalized spacial score (nSPS) is 17.3. The van der Waals surface area contributed by atoms with Crippen LogP contribution < -0.4 is 0 Å². The second-order valence-electron chi connectivity index (χ2n) is 7.18. The molecule has 1 aromatic heterocycles. The lowest BCUT2D eigenvalue weighted by Crippen LogP contribution is -2.50. The highest BCUT2D eigenvalue weighted by Gasteiger charge is 2.26. The van der Waals surface area contributed by atoms with Crippen molar-refractivity contribution >= 4 is 29.1 Å². The van der Waals surface area contributed by atoms with Crippen LogP contribution in [0.5, 0.6) is 0 Å². The molecule has 0 saturated carbocycles. The predicted octanol–water partition coefficient (Wildman–Crippen LogP) is 2.47. The molecule has 0 spiro atoms. The minimum Gasteiger partial charge on any atom is -0.338 e. The SMILES string of the molecule is O=C1CCCN1Cc1ccc(C(=O)N2CCN(C(=O)c3cccs3)CC2)cc1. The molecule has 0 aliphatic carbocycles. The lowest BCUT2D eigenvalue weighted by atomic mass is 10.1. The predicted molar refractivity (Wildman–Crippen MR) is 107 cm³/mol. The van der Waals surface area contributed by atoms with E-state index < -0.39 is 0 Å². The third kappa shape index (κ3) is 3.94. The van der Waals surface area contributed by atoms with Crippen LogP contribution in [0.15, 0.2) is 41.8 Å². The molecule has 1 aromatic carbocycles. The summed E-state index contributed by atoms with van der Waals surface area (Å²) in [6.07, 6.45) is 1.56. The Morgan fingerprint density at radius 2 is 1.57 bits per heavy atom. The van der Waals surface area contributed by atoms with Gasteiger partial charge in [0.25, 0.3) is 11.8 Å². The Kier molecular flexibility index (Phi) is 5.43. The van der Waals surface area contributed by atoms with Crippen molar-refractivity contribution in [3.63, 3.8) is 0 Å². The van der Waals surface area contributed by atoms with Crippen molar-refractivity contribution in [2.45, 2.75) is 19.4 Å². The van der Waals surface area contributed by atoms with Gasteiger partial charge in [-0.05, 0) is 35.6 Å². The number of nitrogens with zero attached hydrogens (tertiary/aromatic N) is 3. The van der Waals surface area contributed by atoms with Crippen molar-refractivity contribution in [2.24, 2.45) is 0 Å². The van der Waals surface area contributed by atoms with Crippen LogP contribution in [0, 0.1) is 0 Å². The molecule has 28 heavy (non-hydrogen) atoms. The van der Waals surface area contributed by atoms with E-state index in [4.69, 9.17) is 0 Å². The molecule has 2 aromatic rings. The van der Waals surface area contributed by atoms with E-state index in [1.165, 1.54) is 11.3 Å². The first-order valence-corrected chi connectivity index (χ1v) is 10.5. The summed E-state index contributed by atoms with van der Waals surface area (Å²) in [5, 5.41) is 1.90. The molecule has 0 radical (unpaired) electrons. The molecule has 2 aliphatic heterocycles. The Bertz CT molecular complexity index is 856. The molecular weight excluding hydrogens is 374 g/mol. The summed E-state index contributed by atoms with van der Waals surface area (Å²) in [4.78, 5) is 43.2. The summed E-state index contributed by atoms with van der Waals surface area (Å²) >= 11 is 1.44. The Balaban J connectivity index is 1.32. The smallest absolute Gasteiger partial charge is 0.264 e. The molecule has 3 heterocycles. The highest BCUT2D eigenvalue weighted by molar-refractivity contribution is 7.12. The largest absolute Gasteiger partial charge is 0.338 e. The van der Waals surface area contributed by atoms with Crippen molar-refractivity contribution in [1.29, 1.82) is 0 Å². The first-order valence-electron chi connectivity index (χ1n) is 9.60. The van der Waals surface area contributed by atoms with E-state index in [2.05, 4.69) is 0 Å². The summed E-state index contributed by atoms with van der Waals surface area (Å²) in [5.74, 6) is 0.241. The highest BCUT2D eigenvalue weighted by atomic mass is 32.1.